The number of anilines is 1. The smallest absolute Gasteiger partial charge is 0.410 e. The number of carbonyl (C=O) groups excluding carboxylic acids is 5. The Kier molecular flexibility index (Phi) is 17.8. The summed E-state index contributed by atoms with van der Waals surface area (Å²) in [5.41, 5.74) is -0.334. The van der Waals surface area contributed by atoms with Crippen LogP contribution in [0.3, 0.4) is 0 Å². The van der Waals surface area contributed by atoms with Crippen LogP contribution in [0.4, 0.5) is 15.3 Å². The summed E-state index contributed by atoms with van der Waals surface area (Å²) in [5.74, 6) is -1.48. The van der Waals surface area contributed by atoms with Crippen molar-refractivity contribution < 1.29 is 46.6 Å². The first kappa shape index (κ1) is 50.0. The monoisotopic (exact) mass is 886 g/mol. The van der Waals surface area contributed by atoms with Gasteiger partial charge in [0.25, 0.3) is 0 Å². The van der Waals surface area contributed by atoms with Crippen molar-refractivity contribution in [1.82, 2.24) is 25.2 Å². The van der Waals surface area contributed by atoms with E-state index in [0.29, 0.717) is 61.6 Å². The Labute approximate surface area is 368 Å². The molecule has 346 valence electrons. The Hall–Kier alpha value is -4.64. The summed E-state index contributed by atoms with van der Waals surface area (Å²) in [4.78, 5) is 70.6. The number of ether oxygens (including phenoxy) is 3. The molecule has 0 bridgehead atoms. The molecule has 2 aromatic carbocycles. The molecule has 16 nitrogen and oxygen atoms in total. The Morgan fingerprint density at radius 1 is 0.758 bits per heavy atom. The maximum Gasteiger partial charge on any atom is 0.410 e. The van der Waals surface area contributed by atoms with Crippen molar-refractivity contribution >= 4 is 56.5 Å². The van der Waals surface area contributed by atoms with Gasteiger partial charge in [0.1, 0.15) is 17.2 Å². The quantitative estimate of drug-likeness (QED) is 0.128. The van der Waals surface area contributed by atoms with Gasteiger partial charge in [-0.1, -0.05) is 24.3 Å². The van der Waals surface area contributed by atoms with Crippen molar-refractivity contribution in [2.45, 2.75) is 122 Å². The second-order valence-electron chi connectivity index (χ2n) is 18.6. The zero-order valence-corrected chi connectivity index (χ0v) is 39.0. The summed E-state index contributed by atoms with van der Waals surface area (Å²) in [6, 6.07) is 8.79. The minimum atomic E-state index is -4.28. The van der Waals surface area contributed by atoms with E-state index in [4.69, 9.17) is 14.2 Å². The van der Waals surface area contributed by atoms with Gasteiger partial charge < -0.3 is 39.5 Å². The van der Waals surface area contributed by atoms with Crippen LogP contribution in [-0.4, -0.2) is 125 Å². The van der Waals surface area contributed by atoms with E-state index in [0.717, 1.165) is 44.2 Å². The summed E-state index contributed by atoms with van der Waals surface area (Å²) in [7, 11) is -0.561. The van der Waals surface area contributed by atoms with Crippen molar-refractivity contribution in [1.29, 1.82) is 0 Å². The number of likely N-dealkylation sites (tertiary alicyclic amines) is 2. The minimum Gasteiger partial charge on any atom is -0.465 e. The maximum atomic E-state index is 13.8. The molecule has 2 saturated heterocycles. The van der Waals surface area contributed by atoms with Crippen molar-refractivity contribution in [3.63, 3.8) is 0 Å². The van der Waals surface area contributed by atoms with Crippen LogP contribution in [0.1, 0.15) is 99.8 Å². The minimum absolute atomic E-state index is 0.00533. The highest BCUT2D eigenvalue weighted by molar-refractivity contribution is 7.89. The lowest BCUT2D eigenvalue weighted by Gasteiger charge is -2.34. The van der Waals surface area contributed by atoms with Gasteiger partial charge in [-0.05, 0) is 124 Å². The molecular formula is C45H70N6O10S. The van der Waals surface area contributed by atoms with E-state index in [1.165, 1.54) is 6.07 Å². The topological polar surface area (TPSA) is 193 Å². The zero-order valence-electron chi connectivity index (χ0n) is 38.2. The molecule has 2 aliphatic heterocycles. The zero-order chi connectivity index (χ0) is 45.8. The first-order valence-electron chi connectivity index (χ1n) is 21.9. The Bertz CT molecular complexity index is 1910. The van der Waals surface area contributed by atoms with Gasteiger partial charge in [0.05, 0.1) is 18.0 Å². The molecule has 2 heterocycles. The number of fused-ring (bicyclic) bond motifs is 1. The highest BCUT2D eigenvalue weighted by Gasteiger charge is 2.32. The van der Waals surface area contributed by atoms with E-state index in [2.05, 4.69) is 15.4 Å². The summed E-state index contributed by atoms with van der Waals surface area (Å²) in [5, 5.41) is 6.56. The van der Waals surface area contributed by atoms with Gasteiger partial charge >= 0.3 is 18.2 Å². The number of carbonyl (C=O) groups is 5. The van der Waals surface area contributed by atoms with E-state index < -0.39 is 45.7 Å². The predicted octanol–water partition coefficient (Wildman–Crippen LogP) is 5.82. The molecule has 0 aliphatic carbocycles. The van der Waals surface area contributed by atoms with Gasteiger partial charge in [-0.2, -0.15) is 4.72 Å². The number of sulfonamides is 1. The lowest BCUT2D eigenvalue weighted by molar-refractivity contribution is -0.145. The second-order valence-corrected chi connectivity index (χ2v) is 20.3. The fraction of sp³-hybridized carbons (Fsp3) is 0.667. The maximum absolute atomic E-state index is 13.8. The van der Waals surface area contributed by atoms with Gasteiger partial charge in [0.15, 0.2) is 0 Å². The van der Waals surface area contributed by atoms with Gasteiger partial charge in [0, 0.05) is 69.2 Å². The Morgan fingerprint density at radius 2 is 1.26 bits per heavy atom. The van der Waals surface area contributed by atoms with Gasteiger partial charge in [-0.15, -0.1) is 0 Å². The molecule has 3 N–H and O–H groups in total. The molecule has 0 saturated carbocycles. The second kappa shape index (κ2) is 22.1. The van der Waals surface area contributed by atoms with E-state index in [9.17, 15) is 32.4 Å². The molecule has 17 heteroatoms. The van der Waals surface area contributed by atoms with Gasteiger partial charge in [-0.3, -0.25) is 14.4 Å². The van der Waals surface area contributed by atoms with Crippen LogP contribution in [0.5, 0.6) is 0 Å². The first-order valence-corrected chi connectivity index (χ1v) is 23.4. The number of rotatable bonds is 17. The number of hydrogen-bond acceptors (Lipinski definition) is 11. The molecular weight excluding hydrogens is 817 g/mol. The number of nitrogens with one attached hydrogen (secondary N) is 3. The van der Waals surface area contributed by atoms with Crippen LogP contribution in [-0.2, 0) is 38.6 Å². The molecule has 1 atom stereocenters. The molecule has 0 aromatic heterocycles. The molecule has 4 amide bonds. The molecule has 2 aliphatic rings. The van der Waals surface area contributed by atoms with E-state index in [-0.39, 0.29) is 42.1 Å². The van der Waals surface area contributed by atoms with Gasteiger partial charge in [0.2, 0.25) is 21.8 Å². The van der Waals surface area contributed by atoms with Crippen molar-refractivity contribution in [3.8, 4) is 0 Å². The molecule has 4 rings (SSSR count). The van der Waals surface area contributed by atoms with Crippen LogP contribution in [0.2, 0.25) is 0 Å². The third-order valence-electron chi connectivity index (χ3n) is 11.2. The number of amides is 4. The highest BCUT2D eigenvalue weighted by atomic mass is 32.2. The largest absolute Gasteiger partial charge is 0.465 e. The van der Waals surface area contributed by atoms with E-state index >= 15 is 0 Å². The fourth-order valence-electron chi connectivity index (χ4n) is 7.89. The molecule has 2 fully saturated rings. The summed E-state index contributed by atoms with van der Waals surface area (Å²) in [6.45, 7) is 14.2. The number of hydrogen-bond donors (Lipinski definition) is 3. The van der Waals surface area contributed by atoms with Crippen molar-refractivity contribution in [3.05, 3.63) is 36.4 Å². The molecule has 0 unspecified atom stereocenters. The number of piperidine rings is 2. The highest BCUT2D eigenvalue weighted by Crippen LogP contribution is 2.32. The summed E-state index contributed by atoms with van der Waals surface area (Å²) >= 11 is 0. The van der Waals surface area contributed by atoms with Crippen molar-refractivity contribution in [2.24, 2.45) is 17.8 Å². The lowest BCUT2D eigenvalue weighted by atomic mass is 9.84. The van der Waals surface area contributed by atoms with Gasteiger partial charge in [-0.25, -0.2) is 18.0 Å². The summed E-state index contributed by atoms with van der Waals surface area (Å²) in [6.07, 6.45) is 5.28. The van der Waals surface area contributed by atoms with Crippen LogP contribution in [0, 0.1) is 17.8 Å². The van der Waals surface area contributed by atoms with E-state index in [1.54, 1.807) is 34.9 Å². The van der Waals surface area contributed by atoms with Crippen molar-refractivity contribution in [2.75, 3.05) is 64.9 Å². The Balaban J connectivity index is 1.37. The Morgan fingerprint density at radius 3 is 1.74 bits per heavy atom. The first-order chi connectivity index (χ1) is 29.1. The number of benzene rings is 2. The third-order valence-corrected chi connectivity index (χ3v) is 12.7. The SMILES string of the molecule is CCOC(=O)[C@H](CNC(=O)CNC(=O)C(CCC1CCN(C(=O)OC(C)(C)C)CC1)CCC1CCN(C(=O)OC(C)(C)C)CC1)NS(=O)(=O)c1cccc2c(N(C)C)cccc12. The fourth-order valence-corrected chi connectivity index (χ4v) is 9.29. The third kappa shape index (κ3) is 15.3. The molecule has 0 spiro atoms. The predicted molar refractivity (Wildman–Crippen MR) is 238 cm³/mol. The van der Waals surface area contributed by atoms with E-state index in [1.807, 2.05) is 72.7 Å². The lowest BCUT2D eigenvalue weighted by Crippen LogP contribution is -2.50. The number of nitrogens with zero attached hydrogens (tertiary/aromatic N) is 3. The molecule has 0 radical (unpaired) electrons. The van der Waals surface area contributed by atoms with Crippen LogP contribution >= 0.6 is 0 Å². The molecule has 2 aromatic rings. The van der Waals surface area contributed by atoms with Crippen LogP contribution in [0.25, 0.3) is 10.8 Å². The summed E-state index contributed by atoms with van der Waals surface area (Å²) < 4.78 is 46.3. The normalized spacial score (nSPS) is 16.2. The van der Waals surface area contributed by atoms with Crippen LogP contribution in [0.15, 0.2) is 41.3 Å². The average Bonchev–Trinajstić information content (AvgIpc) is 3.20. The number of esters is 1. The van der Waals surface area contributed by atoms with Crippen LogP contribution < -0.4 is 20.3 Å². The molecule has 62 heavy (non-hydrogen) atoms. The standard InChI is InChI=1S/C45H70N6O10S/c1-10-59-41(54)36(48-62(57,58)38-16-12-13-34-35(38)14-11-15-37(34)49(8)9)29-46-39(52)30-47-40(53)33(19-17-31-21-25-50(26-22-31)42(55)60-44(2,3)4)20-18-32-23-27-51(28-24-32)43(56)61-45(5,6)7/h11-16,31-33,36,48H,10,17-30H2,1-9H3,(H,46,52)(H,47,53)/t36-/m0/s1. The average molecular weight is 887 g/mol.